The average Bonchev–Trinajstić information content (AvgIpc) is 2.30. The Labute approximate surface area is 127 Å². The van der Waals surface area contributed by atoms with E-state index in [1.165, 1.54) is 0 Å². The van der Waals surface area contributed by atoms with Crippen LogP contribution in [0, 0.1) is 6.92 Å². The third kappa shape index (κ3) is 3.60. The van der Waals surface area contributed by atoms with Crippen LogP contribution in [-0.2, 0) is 0 Å². The molecule has 19 heavy (non-hydrogen) atoms. The molecule has 0 atom stereocenters. The first-order valence-electron chi connectivity index (χ1n) is 5.50. The summed E-state index contributed by atoms with van der Waals surface area (Å²) in [7, 11) is 0. The minimum Gasteiger partial charge on any atom is -0.457 e. The Morgan fingerprint density at radius 3 is 2.32 bits per heavy atom. The van der Waals surface area contributed by atoms with Gasteiger partial charge in [-0.2, -0.15) is 0 Å². The summed E-state index contributed by atoms with van der Waals surface area (Å²) in [6.45, 7) is 1.96. The van der Waals surface area contributed by atoms with Crippen molar-refractivity contribution in [3.63, 3.8) is 0 Å². The van der Waals surface area contributed by atoms with Gasteiger partial charge in [0.2, 0.25) is 0 Å². The Morgan fingerprint density at radius 2 is 1.74 bits per heavy atom. The molecule has 0 bridgehead atoms. The summed E-state index contributed by atoms with van der Waals surface area (Å²) >= 11 is 16.9. The highest BCUT2D eigenvalue weighted by Crippen LogP contribution is 2.30. The number of nitrogens with two attached hydrogens (primary N) is 1. The summed E-state index contributed by atoms with van der Waals surface area (Å²) in [6, 6.07) is 10.6. The molecule has 0 aromatic heterocycles. The normalized spacial score (nSPS) is 10.3. The highest BCUT2D eigenvalue weighted by Gasteiger charge is 2.09. The first-order valence-corrected chi connectivity index (χ1v) is 6.66. The van der Waals surface area contributed by atoms with Crippen LogP contribution < -0.4 is 10.5 Å². The maximum Gasteiger partial charge on any atom is 0.137 e. The molecule has 0 aliphatic heterocycles. The van der Waals surface area contributed by atoms with Crippen LogP contribution in [0.15, 0.2) is 36.4 Å². The van der Waals surface area contributed by atoms with E-state index in [-0.39, 0.29) is 4.99 Å². The van der Waals surface area contributed by atoms with Crippen LogP contribution in [0.2, 0.25) is 10.0 Å². The van der Waals surface area contributed by atoms with Gasteiger partial charge in [0.25, 0.3) is 0 Å². The van der Waals surface area contributed by atoms with Crippen molar-refractivity contribution in [2.75, 3.05) is 0 Å². The third-order valence-electron chi connectivity index (χ3n) is 2.46. The number of aryl methyl sites for hydroxylation is 1. The van der Waals surface area contributed by atoms with Crippen molar-refractivity contribution in [2.24, 2.45) is 5.73 Å². The molecule has 0 amide bonds. The largest absolute Gasteiger partial charge is 0.457 e. The van der Waals surface area contributed by atoms with Crippen molar-refractivity contribution < 1.29 is 4.74 Å². The number of hydrogen-bond acceptors (Lipinski definition) is 2. The summed E-state index contributed by atoms with van der Waals surface area (Å²) in [5, 5.41) is 1.01. The topological polar surface area (TPSA) is 35.2 Å². The standard InChI is InChI=1S/C14H11Cl2NOS/c1-8-2-3-13(12(4-8)14(17)19)18-11-6-9(15)5-10(16)7-11/h2-7H,1H3,(H2,17,19). The molecule has 2 N–H and O–H groups in total. The molecule has 0 aliphatic carbocycles. The van der Waals surface area contributed by atoms with Crippen molar-refractivity contribution in [2.45, 2.75) is 6.92 Å². The molecule has 98 valence electrons. The van der Waals surface area contributed by atoms with Crippen molar-refractivity contribution in [3.05, 3.63) is 57.6 Å². The van der Waals surface area contributed by atoms with E-state index < -0.39 is 0 Å². The van der Waals surface area contributed by atoms with Gasteiger partial charge in [0.05, 0.1) is 5.56 Å². The van der Waals surface area contributed by atoms with E-state index in [1.807, 2.05) is 25.1 Å². The Kier molecular flexibility index (Phi) is 4.30. The second kappa shape index (κ2) is 5.78. The van der Waals surface area contributed by atoms with Gasteiger partial charge in [-0.25, -0.2) is 0 Å². The predicted octanol–water partition coefficient (Wildman–Crippen LogP) is 4.73. The van der Waals surface area contributed by atoms with Gasteiger partial charge in [-0.15, -0.1) is 0 Å². The molecular formula is C14H11Cl2NOS. The van der Waals surface area contributed by atoms with Crippen molar-refractivity contribution in [1.82, 2.24) is 0 Å². The van der Waals surface area contributed by atoms with Gasteiger partial charge in [0.15, 0.2) is 0 Å². The lowest BCUT2D eigenvalue weighted by atomic mass is 10.1. The van der Waals surface area contributed by atoms with Crippen molar-refractivity contribution in [3.8, 4) is 11.5 Å². The molecule has 0 heterocycles. The van der Waals surface area contributed by atoms with E-state index in [2.05, 4.69) is 0 Å². The number of hydrogen-bond donors (Lipinski definition) is 1. The zero-order valence-electron chi connectivity index (χ0n) is 10.1. The Balaban J connectivity index is 2.40. The fraction of sp³-hybridized carbons (Fsp3) is 0.0714. The molecule has 0 saturated heterocycles. The summed E-state index contributed by atoms with van der Waals surface area (Å²) in [5.74, 6) is 1.12. The van der Waals surface area contributed by atoms with Gasteiger partial charge < -0.3 is 10.5 Å². The van der Waals surface area contributed by atoms with Crippen LogP contribution >= 0.6 is 35.4 Å². The van der Waals surface area contributed by atoms with Crippen LogP contribution in [0.4, 0.5) is 0 Å². The summed E-state index contributed by atoms with van der Waals surface area (Å²) in [5.41, 5.74) is 7.44. The van der Waals surface area contributed by atoms with Gasteiger partial charge >= 0.3 is 0 Å². The fourth-order valence-electron chi connectivity index (χ4n) is 1.64. The van der Waals surface area contributed by atoms with Crippen LogP contribution in [-0.4, -0.2) is 4.99 Å². The molecule has 0 unspecified atom stereocenters. The minimum absolute atomic E-state index is 0.284. The lowest BCUT2D eigenvalue weighted by molar-refractivity contribution is 0.481. The van der Waals surface area contributed by atoms with Gasteiger partial charge in [0.1, 0.15) is 16.5 Å². The zero-order valence-corrected chi connectivity index (χ0v) is 12.4. The van der Waals surface area contributed by atoms with Crippen LogP contribution in [0.25, 0.3) is 0 Å². The minimum atomic E-state index is 0.284. The Morgan fingerprint density at radius 1 is 1.11 bits per heavy atom. The van der Waals surface area contributed by atoms with E-state index in [4.69, 9.17) is 45.9 Å². The molecule has 0 aliphatic rings. The van der Waals surface area contributed by atoms with Gasteiger partial charge in [-0.05, 0) is 37.3 Å². The van der Waals surface area contributed by atoms with Gasteiger partial charge in [0, 0.05) is 10.0 Å². The third-order valence-corrected chi connectivity index (χ3v) is 3.12. The molecule has 0 saturated carbocycles. The summed E-state index contributed by atoms with van der Waals surface area (Å²) < 4.78 is 5.75. The second-order valence-electron chi connectivity index (χ2n) is 4.07. The number of thiocarbonyl (C=S) groups is 1. The molecular weight excluding hydrogens is 301 g/mol. The molecule has 0 spiro atoms. The quantitative estimate of drug-likeness (QED) is 0.832. The Hall–Kier alpha value is -1.29. The number of halogens is 2. The number of benzene rings is 2. The monoisotopic (exact) mass is 311 g/mol. The first-order chi connectivity index (χ1) is 8.95. The van der Waals surface area contributed by atoms with E-state index in [0.717, 1.165) is 5.56 Å². The predicted molar refractivity (Wildman–Crippen MR) is 83.6 cm³/mol. The number of ether oxygens (including phenoxy) is 1. The lowest BCUT2D eigenvalue weighted by Crippen LogP contribution is -2.11. The molecule has 2 aromatic rings. The lowest BCUT2D eigenvalue weighted by Gasteiger charge is -2.11. The number of rotatable bonds is 3. The van der Waals surface area contributed by atoms with Gasteiger partial charge in [-0.3, -0.25) is 0 Å². The highest BCUT2D eigenvalue weighted by molar-refractivity contribution is 7.80. The maximum atomic E-state index is 5.93. The smallest absolute Gasteiger partial charge is 0.137 e. The van der Waals surface area contributed by atoms with E-state index >= 15 is 0 Å². The second-order valence-corrected chi connectivity index (χ2v) is 5.38. The first kappa shape index (κ1) is 14.1. The molecule has 0 fully saturated rings. The van der Waals surface area contributed by atoms with E-state index in [1.54, 1.807) is 18.2 Å². The SMILES string of the molecule is Cc1ccc(Oc2cc(Cl)cc(Cl)c2)c(C(N)=S)c1. The van der Waals surface area contributed by atoms with Crippen molar-refractivity contribution in [1.29, 1.82) is 0 Å². The van der Waals surface area contributed by atoms with Crippen molar-refractivity contribution >= 4 is 40.4 Å². The molecule has 2 rings (SSSR count). The Bertz CT molecular complexity index is 623. The molecule has 2 aromatic carbocycles. The molecule has 0 radical (unpaired) electrons. The molecule has 5 heteroatoms. The van der Waals surface area contributed by atoms with Crippen LogP contribution in [0.5, 0.6) is 11.5 Å². The summed E-state index contributed by atoms with van der Waals surface area (Å²) in [4.78, 5) is 0.284. The van der Waals surface area contributed by atoms with E-state index in [0.29, 0.717) is 27.1 Å². The van der Waals surface area contributed by atoms with Crippen LogP contribution in [0.1, 0.15) is 11.1 Å². The van der Waals surface area contributed by atoms with Gasteiger partial charge in [-0.1, -0.05) is 47.0 Å². The molecule has 2 nitrogen and oxygen atoms in total. The maximum absolute atomic E-state index is 5.93. The fourth-order valence-corrected chi connectivity index (χ4v) is 2.31. The van der Waals surface area contributed by atoms with E-state index in [9.17, 15) is 0 Å². The highest BCUT2D eigenvalue weighted by atomic mass is 35.5. The zero-order chi connectivity index (χ0) is 14.0. The average molecular weight is 312 g/mol. The van der Waals surface area contributed by atoms with Crippen LogP contribution in [0.3, 0.4) is 0 Å². The summed E-state index contributed by atoms with van der Waals surface area (Å²) in [6.07, 6.45) is 0.